The van der Waals surface area contributed by atoms with Crippen molar-refractivity contribution in [3.63, 3.8) is 0 Å². The number of hydrogen-bond donors (Lipinski definition) is 3. The fourth-order valence-electron chi connectivity index (χ4n) is 1.97. The number of carbonyl (C=O) groups excluding carboxylic acids is 3. The number of amides is 3. The van der Waals surface area contributed by atoms with Crippen LogP contribution in [0.2, 0.25) is 0 Å². The first-order valence-electron chi connectivity index (χ1n) is 8.04. The summed E-state index contributed by atoms with van der Waals surface area (Å²) in [5.41, 5.74) is 1.22. The third kappa shape index (κ3) is 6.28. The Balaban J connectivity index is 1.74. The Morgan fingerprint density at radius 1 is 1.17 bits per heavy atom. The summed E-state index contributed by atoms with van der Waals surface area (Å²) >= 11 is 0. The van der Waals surface area contributed by atoms with Crippen LogP contribution in [-0.4, -0.2) is 36.6 Å². The highest BCUT2D eigenvalue weighted by Crippen LogP contribution is 2.18. The van der Waals surface area contributed by atoms with Gasteiger partial charge in [0.15, 0.2) is 6.61 Å². The fraction of sp³-hybridized carbons (Fsp3) is 0.471. The van der Waals surface area contributed by atoms with Crippen LogP contribution in [-0.2, 0) is 16.1 Å². The zero-order valence-electron chi connectivity index (χ0n) is 13.9. The molecule has 7 heteroatoms. The van der Waals surface area contributed by atoms with Gasteiger partial charge in [0, 0.05) is 18.6 Å². The van der Waals surface area contributed by atoms with Crippen LogP contribution in [0.25, 0.3) is 0 Å². The summed E-state index contributed by atoms with van der Waals surface area (Å²) in [5.74, 6) is -0.819. The van der Waals surface area contributed by atoms with E-state index < -0.39 is 5.97 Å². The van der Waals surface area contributed by atoms with E-state index >= 15 is 0 Å². The first kappa shape index (κ1) is 17.8. The molecule has 0 radical (unpaired) electrons. The van der Waals surface area contributed by atoms with Gasteiger partial charge in [-0.05, 0) is 44.4 Å². The number of nitrogens with one attached hydrogen (secondary N) is 3. The minimum absolute atomic E-state index is 0.0688. The van der Waals surface area contributed by atoms with Crippen LogP contribution in [0.15, 0.2) is 24.3 Å². The van der Waals surface area contributed by atoms with E-state index in [1.165, 1.54) is 0 Å². The molecule has 3 amide bonds. The largest absolute Gasteiger partial charge is 0.452 e. The average molecular weight is 333 g/mol. The molecule has 0 spiro atoms. The van der Waals surface area contributed by atoms with Gasteiger partial charge in [0.05, 0.1) is 5.56 Å². The fourth-order valence-corrected chi connectivity index (χ4v) is 1.97. The van der Waals surface area contributed by atoms with Crippen LogP contribution in [0.4, 0.5) is 4.79 Å². The number of hydrogen-bond acceptors (Lipinski definition) is 4. The quantitative estimate of drug-likeness (QED) is 0.656. The number of rotatable bonds is 7. The summed E-state index contributed by atoms with van der Waals surface area (Å²) in [7, 11) is 0. The van der Waals surface area contributed by atoms with Gasteiger partial charge in [-0.25, -0.2) is 9.59 Å². The molecule has 1 fully saturated rings. The maximum absolute atomic E-state index is 11.9. The van der Waals surface area contributed by atoms with Crippen LogP contribution in [0.3, 0.4) is 0 Å². The Bertz CT molecular complexity index is 594. The lowest BCUT2D eigenvalue weighted by molar-refractivity contribution is -0.124. The van der Waals surface area contributed by atoms with Gasteiger partial charge in [0.2, 0.25) is 0 Å². The lowest BCUT2D eigenvalue weighted by Crippen LogP contribution is -2.39. The summed E-state index contributed by atoms with van der Waals surface area (Å²) in [6.07, 6.45) is 1.98. The Morgan fingerprint density at radius 2 is 1.83 bits per heavy atom. The molecule has 0 atom stereocenters. The third-order valence-corrected chi connectivity index (χ3v) is 3.34. The van der Waals surface area contributed by atoms with Crippen molar-refractivity contribution >= 4 is 17.9 Å². The molecule has 1 saturated carbocycles. The number of urea groups is 1. The number of benzene rings is 1. The molecule has 1 aliphatic rings. The molecular formula is C17H23N3O4. The standard InChI is InChI=1S/C17H23N3O4/c1-11(2)19-17(23)18-9-12-3-5-13(6-4-12)16(22)24-10-15(21)20-14-7-8-14/h3-6,11,14H,7-10H2,1-2H3,(H,20,21)(H2,18,19,23). The maximum atomic E-state index is 11.9. The topological polar surface area (TPSA) is 96.5 Å². The normalized spacial score (nSPS) is 13.3. The monoisotopic (exact) mass is 333 g/mol. The Kier molecular flexibility index (Phi) is 6.17. The van der Waals surface area contributed by atoms with Gasteiger partial charge in [-0.1, -0.05) is 12.1 Å². The van der Waals surface area contributed by atoms with Crippen molar-refractivity contribution in [3.8, 4) is 0 Å². The van der Waals surface area contributed by atoms with Crippen molar-refractivity contribution in [1.82, 2.24) is 16.0 Å². The van der Waals surface area contributed by atoms with Gasteiger partial charge in [-0.15, -0.1) is 0 Å². The van der Waals surface area contributed by atoms with Gasteiger partial charge in [-0.3, -0.25) is 4.79 Å². The molecule has 1 aliphatic carbocycles. The molecule has 1 aromatic carbocycles. The first-order chi connectivity index (χ1) is 11.4. The van der Waals surface area contributed by atoms with Crippen LogP contribution < -0.4 is 16.0 Å². The second kappa shape index (κ2) is 8.33. The van der Waals surface area contributed by atoms with E-state index in [0.29, 0.717) is 12.1 Å². The molecule has 3 N–H and O–H groups in total. The Hall–Kier alpha value is -2.57. The summed E-state index contributed by atoms with van der Waals surface area (Å²) in [6, 6.07) is 6.76. The van der Waals surface area contributed by atoms with Gasteiger partial charge >= 0.3 is 12.0 Å². The summed E-state index contributed by atoms with van der Waals surface area (Å²) in [4.78, 5) is 34.8. The van der Waals surface area contributed by atoms with Crippen molar-refractivity contribution in [2.24, 2.45) is 0 Å². The molecule has 0 saturated heterocycles. The highest BCUT2D eigenvalue weighted by molar-refractivity contribution is 5.91. The molecule has 24 heavy (non-hydrogen) atoms. The molecule has 0 heterocycles. The minimum Gasteiger partial charge on any atom is -0.452 e. The minimum atomic E-state index is -0.544. The van der Waals surface area contributed by atoms with Gasteiger partial charge in [-0.2, -0.15) is 0 Å². The molecule has 0 bridgehead atoms. The van der Waals surface area contributed by atoms with Crippen molar-refractivity contribution < 1.29 is 19.1 Å². The zero-order valence-corrected chi connectivity index (χ0v) is 13.9. The predicted molar refractivity (Wildman–Crippen MR) is 88.4 cm³/mol. The van der Waals surface area contributed by atoms with E-state index in [4.69, 9.17) is 4.74 Å². The highest BCUT2D eigenvalue weighted by atomic mass is 16.5. The van der Waals surface area contributed by atoms with Crippen molar-refractivity contribution in [2.45, 2.75) is 45.3 Å². The van der Waals surface area contributed by atoms with E-state index in [9.17, 15) is 14.4 Å². The lowest BCUT2D eigenvalue weighted by Gasteiger charge is -2.10. The molecular weight excluding hydrogens is 310 g/mol. The smallest absolute Gasteiger partial charge is 0.338 e. The molecule has 0 unspecified atom stereocenters. The van der Waals surface area contributed by atoms with E-state index in [1.54, 1.807) is 24.3 Å². The molecule has 1 aromatic rings. The number of esters is 1. The summed E-state index contributed by atoms with van der Waals surface area (Å²) < 4.78 is 4.97. The molecule has 7 nitrogen and oxygen atoms in total. The summed E-state index contributed by atoms with van der Waals surface area (Å²) in [6.45, 7) is 3.85. The number of ether oxygens (including phenoxy) is 1. The average Bonchev–Trinajstić information content (AvgIpc) is 3.34. The Morgan fingerprint density at radius 3 is 2.42 bits per heavy atom. The van der Waals surface area contributed by atoms with Crippen molar-refractivity contribution in [1.29, 1.82) is 0 Å². The van der Waals surface area contributed by atoms with E-state index in [-0.39, 0.29) is 30.6 Å². The molecule has 0 aliphatic heterocycles. The van der Waals surface area contributed by atoms with Gasteiger partial charge in [0.25, 0.3) is 5.91 Å². The predicted octanol–water partition coefficient (Wildman–Crippen LogP) is 1.33. The molecule has 130 valence electrons. The van der Waals surface area contributed by atoms with Gasteiger partial charge < -0.3 is 20.7 Å². The highest BCUT2D eigenvalue weighted by Gasteiger charge is 2.23. The van der Waals surface area contributed by atoms with Crippen molar-refractivity contribution in [2.75, 3.05) is 6.61 Å². The van der Waals surface area contributed by atoms with E-state index in [1.807, 2.05) is 13.8 Å². The van der Waals surface area contributed by atoms with E-state index in [2.05, 4.69) is 16.0 Å². The maximum Gasteiger partial charge on any atom is 0.338 e. The van der Waals surface area contributed by atoms with E-state index in [0.717, 1.165) is 18.4 Å². The molecule has 2 rings (SSSR count). The lowest BCUT2D eigenvalue weighted by atomic mass is 10.1. The van der Waals surface area contributed by atoms with Crippen molar-refractivity contribution in [3.05, 3.63) is 35.4 Å². The zero-order chi connectivity index (χ0) is 17.5. The first-order valence-corrected chi connectivity index (χ1v) is 8.04. The van der Waals surface area contributed by atoms with Crippen LogP contribution in [0.1, 0.15) is 42.6 Å². The Labute approximate surface area is 141 Å². The third-order valence-electron chi connectivity index (χ3n) is 3.34. The van der Waals surface area contributed by atoms with Crippen LogP contribution in [0.5, 0.6) is 0 Å². The molecule has 0 aromatic heterocycles. The number of carbonyl (C=O) groups is 3. The SMILES string of the molecule is CC(C)NC(=O)NCc1ccc(C(=O)OCC(=O)NC2CC2)cc1. The second-order valence-corrected chi connectivity index (χ2v) is 6.10. The second-order valence-electron chi connectivity index (χ2n) is 6.10. The summed E-state index contributed by atoms with van der Waals surface area (Å²) in [5, 5.41) is 8.20. The van der Waals surface area contributed by atoms with Gasteiger partial charge in [0.1, 0.15) is 0 Å². The van der Waals surface area contributed by atoms with Crippen LogP contribution in [0, 0.1) is 0 Å². The van der Waals surface area contributed by atoms with Crippen LogP contribution >= 0.6 is 0 Å².